The Balaban J connectivity index is 0.00000242. The predicted molar refractivity (Wildman–Crippen MR) is 84.2 cm³/mol. The molecule has 1 aromatic carbocycles. The van der Waals surface area contributed by atoms with Gasteiger partial charge in [-0.1, -0.05) is 0 Å². The number of hydrogen-bond donors (Lipinski definition) is 2. The molecule has 2 rings (SSSR count). The number of nitrogens with one attached hydrogen (secondary N) is 2. The van der Waals surface area contributed by atoms with Crippen LogP contribution in [0.3, 0.4) is 0 Å². The van der Waals surface area contributed by atoms with Gasteiger partial charge in [0.25, 0.3) is 0 Å². The first-order valence-electron chi connectivity index (χ1n) is 6.69. The predicted octanol–water partition coefficient (Wildman–Crippen LogP) is 1.19. The maximum absolute atomic E-state index is 13.6. The normalized spacial score (nSPS) is 16.5. The number of amides is 1. The van der Waals surface area contributed by atoms with E-state index < -0.39 is 21.7 Å². The van der Waals surface area contributed by atoms with Crippen LogP contribution in [0.1, 0.15) is 13.3 Å². The lowest BCUT2D eigenvalue weighted by molar-refractivity contribution is -0.114. The second-order valence-electron chi connectivity index (χ2n) is 4.83. The molecule has 1 fully saturated rings. The molecule has 6 nitrogen and oxygen atoms in total. The molecule has 1 aliphatic rings. The minimum Gasteiger partial charge on any atom is -0.324 e. The van der Waals surface area contributed by atoms with E-state index in [-0.39, 0.29) is 23.0 Å². The van der Waals surface area contributed by atoms with E-state index in [2.05, 4.69) is 10.6 Å². The standard InChI is InChI=1S/C13H18FN3O3S.ClH/c1-10(18)16-13-9-11(3-4-12(13)14)21(19,20)17-7-2-5-15-6-8-17;/h3-4,9,15H,2,5-8H2,1H3,(H,16,18);1H. The Morgan fingerprint density at radius 1 is 1.32 bits per heavy atom. The summed E-state index contributed by atoms with van der Waals surface area (Å²) in [6.07, 6.45) is 0.721. The van der Waals surface area contributed by atoms with Crippen LogP contribution in [-0.4, -0.2) is 44.8 Å². The highest BCUT2D eigenvalue weighted by molar-refractivity contribution is 7.89. The van der Waals surface area contributed by atoms with Gasteiger partial charge in [-0.15, -0.1) is 12.4 Å². The second kappa shape index (κ2) is 7.87. The molecule has 0 atom stereocenters. The van der Waals surface area contributed by atoms with Crippen LogP contribution >= 0.6 is 12.4 Å². The second-order valence-corrected chi connectivity index (χ2v) is 6.77. The van der Waals surface area contributed by atoms with Crippen molar-refractivity contribution in [2.45, 2.75) is 18.2 Å². The van der Waals surface area contributed by atoms with Crippen molar-refractivity contribution in [2.24, 2.45) is 0 Å². The van der Waals surface area contributed by atoms with Crippen LogP contribution in [0.2, 0.25) is 0 Å². The number of anilines is 1. The van der Waals surface area contributed by atoms with Crippen molar-refractivity contribution in [3.63, 3.8) is 0 Å². The Morgan fingerprint density at radius 2 is 2.05 bits per heavy atom. The van der Waals surface area contributed by atoms with Crippen LogP contribution in [0, 0.1) is 5.82 Å². The number of hydrogen-bond acceptors (Lipinski definition) is 4. The fourth-order valence-corrected chi connectivity index (χ4v) is 3.67. The van der Waals surface area contributed by atoms with Gasteiger partial charge < -0.3 is 10.6 Å². The SMILES string of the molecule is CC(=O)Nc1cc(S(=O)(=O)N2CCCNCC2)ccc1F.Cl. The topological polar surface area (TPSA) is 78.5 Å². The minimum absolute atomic E-state index is 0. The van der Waals surface area contributed by atoms with Gasteiger partial charge in [-0.05, 0) is 31.2 Å². The van der Waals surface area contributed by atoms with Crippen molar-refractivity contribution in [3.05, 3.63) is 24.0 Å². The summed E-state index contributed by atoms with van der Waals surface area (Å²) < 4.78 is 40.1. The van der Waals surface area contributed by atoms with Gasteiger partial charge >= 0.3 is 0 Å². The van der Waals surface area contributed by atoms with Gasteiger partial charge in [0, 0.05) is 26.6 Å². The van der Waals surface area contributed by atoms with Crippen LogP contribution in [-0.2, 0) is 14.8 Å². The summed E-state index contributed by atoms with van der Waals surface area (Å²) in [4.78, 5) is 11.0. The van der Waals surface area contributed by atoms with Gasteiger partial charge in [-0.25, -0.2) is 12.8 Å². The molecular weight excluding hydrogens is 333 g/mol. The number of nitrogens with zero attached hydrogens (tertiary/aromatic N) is 1. The smallest absolute Gasteiger partial charge is 0.243 e. The van der Waals surface area contributed by atoms with Crippen LogP contribution in [0.25, 0.3) is 0 Å². The number of halogens is 2. The Bertz CT molecular complexity index is 631. The van der Waals surface area contributed by atoms with Crippen LogP contribution in [0.4, 0.5) is 10.1 Å². The molecule has 22 heavy (non-hydrogen) atoms. The monoisotopic (exact) mass is 351 g/mol. The third kappa shape index (κ3) is 4.39. The zero-order chi connectivity index (χ0) is 15.5. The molecule has 0 aliphatic carbocycles. The van der Waals surface area contributed by atoms with Gasteiger partial charge in [-0.2, -0.15) is 4.31 Å². The molecule has 0 saturated carbocycles. The van der Waals surface area contributed by atoms with E-state index in [1.165, 1.54) is 17.3 Å². The molecule has 1 amide bonds. The van der Waals surface area contributed by atoms with E-state index in [4.69, 9.17) is 0 Å². The highest BCUT2D eigenvalue weighted by Crippen LogP contribution is 2.23. The molecule has 0 radical (unpaired) electrons. The molecule has 2 N–H and O–H groups in total. The number of benzene rings is 1. The third-order valence-corrected chi connectivity index (χ3v) is 5.08. The molecule has 124 valence electrons. The Morgan fingerprint density at radius 3 is 2.73 bits per heavy atom. The molecule has 9 heteroatoms. The highest BCUT2D eigenvalue weighted by Gasteiger charge is 2.25. The molecule has 0 unspecified atom stereocenters. The lowest BCUT2D eigenvalue weighted by atomic mass is 10.3. The summed E-state index contributed by atoms with van der Waals surface area (Å²) in [6.45, 7) is 3.38. The molecule has 0 bridgehead atoms. The van der Waals surface area contributed by atoms with Gasteiger partial charge in [0.15, 0.2) is 0 Å². The Labute approximate surface area is 135 Å². The molecule has 0 spiro atoms. The van der Waals surface area contributed by atoms with Crippen molar-refractivity contribution >= 4 is 34.0 Å². The first-order chi connectivity index (χ1) is 9.91. The molecule has 0 aromatic heterocycles. The van der Waals surface area contributed by atoms with Crippen molar-refractivity contribution in [2.75, 3.05) is 31.5 Å². The van der Waals surface area contributed by atoms with E-state index in [1.54, 1.807) is 0 Å². The van der Waals surface area contributed by atoms with Crippen LogP contribution in [0.5, 0.6) is 0 Å². The largest absolute Gasteiger partial charge is 0.324 e. The summed E-state index contributed by atoms with van der Waals surface area (Å²) >= 11 is 0. The molecular formula is C13H19ClFN3O3S. The summed E-state index contributed by atoms with van der Waals surface area (Å²) in [5.74, 6) is -1.12. The maximum Gasteiger partial charge on any atom is 0.243 e. The van der Waals surface area contributed by atoms with E-state index in [0.717, 1.165) is 25.1 Å². The van der Waals surface area contributed by atoms with E-state index >= 15 is 0 Å². The number of carbonyl (C=O) groups excluding carboxylic acids is 1. The van der Waals surface area contributed by atoms with Crippen LogP contribution in [0.15, 0.2) is 23.1 Å². The van der Waals surface area contributed by atoms with Crippen molar-refractivity contribution < 1.29 is 17.6 Å². The summed E-state index contributed by atoms with van der Waals surface area (Å²) in [6, 6.07) is 3.42. The lowest BCUT2D eigenvalue weighted by Gasteiger charge is -2.20. The zero-order valence-electron chi connectivity index (χ0n) is 12.1. The lowest BCUT2D eigenvalue weighted by Crippen LogP contribution is -2.34. The average molecular weight is 352 g/mol. The van der Waals surface area contributed by atoms with E-state index in [0.29, 0.717) is 19.6 Å². The highest BCUT2D eigenvalue weighted by atomic mass is 35.5. The van der Waals surface area contributed by atoms with Gasteiger partial charge in [-0.3, -0.25) is 4.79 Å². The zero-order valence-corrected chi connectivity index (χ0v) is 13.8. The van der Waals surface area contributed by atoms with Gasteiger partial charge in [0.1, 0.15) is 5.82 Å². The third-order valence-electron chi connectivity index (χ3n) is 3.19. The maximum atomic E-state index is 13.6. The van der Waals surface area contributed by atoms with Crippen molar-refractivity contribution in [1.82, 2.24) is 9.62 Å². The first-order valence-corrected chi connectivity index (χ1v) is 8.13. The fourth-order valence-electron chi connectivity index (χ4n) is 2.16. The van der Waals surface area contributed by atoms with Gasteiger partial charge in [0.05, 0.1) is 10.6 Å². The summed E-state index contributed by atoms with van der Waals surface area (Å²) in [5, 5.41) is 5.42. The summed E-state index contributed by atoms with van der Waals surface area (Å²) in [7, 11) is -3.69. The number of sulfonamides is 1. The fraction of sp³-hybridized carbons (Fsp3) is 0.462. The molecule has 1 saturated heterocycles. The molecule has 1 heterocycles. The van der Waals surface area contributed by atoms with E-state index in [1.807, 2.05) is 0 Å². The van der Waals surface area contributed by atoms with Gasteiger partial charge in [0.2, 0.25) is 15.9 Å². The summed E-state index contributed by atoms with van der Waals surface area (Å²) in [5.41, 5.74) is -0.128. The number of carbonyl (C=O) groups is 1. The quantitative estimate of drug-likeness (QED) is 0.857. The number of rotatable bonds is 3. The Kier molecular flexibility index (Phi) is 6.73. The first kappa shape index (κ1) is 18.8. The van der Waals surface area contributed by atoms with E-state index in [9.17, 15) is 17.6 Å². The molecule has 1 aromatic rings. The van der Waals surface area contributed by atoms with Crippen molar-refractivity contribution in [3.8, 4) is 0 Å². The van der Waals surface area contributed by atoms with Crippen LogP contribution < -0.4 is 10.6 Å². The minimum atomic E-state index is -3.69. The Hall–Kier alpha value is -1.22. The average Bonchev–Trinajstić information content (AvgIpc) is 2.70. The van der Waals surface area contributed by atoms with Crippen molar-refractivity contribution in [1.29, 1.82) is 0 Å². The molecule has 1 aliphatic heterocycles.